The normalized spacial score (nSPS) is 9.56. The van der Waals surface area contributed by atoms with Gasteiger partial charge < -0.3 is 20.9 Å². The Kier molecular flexibility index (Phi) is 4.61. The van der Waals surface area contributed by atoms with Gasteiger partial charge >= 0.3 is 12.1 Å². The minimum absolute atomic E-state index is 0.0576. The molecule has 0 aliphatic heterocycles. The van der Waals surface area contributed by atoms with Gasteiger partial charge in [0.1, 0.15) is 12.3 Å². The van der Waals surface area contributed by atoms with E-state index in [0.717, 1.165) is 6.07 Å². The van der Waals surface area contributed by atoms with Gasteiger partial charge in [0.2, 0.25) is 0 Å². The molecule has 18 heavy (non-hydrogen) atoms. The Balaban J connectivity index is 2.53. The highest BCUT2D eigenvalue weighted by atomic mass is 16.5. The van der Waals surface area contributed by atoms with Crippen LogP contribution in [0.5, 0.6) is 0 Å². The summed E-state index contributed by atoms with van der Waals surface area (Å²) in [5, 5.41) is 11.1. The zero-order valence-corrected chi connectivity index (χ0v) is 9.25. The maximum atomic E-state index is 11.6. The first-order chi connectivity index (χ1) is 8.50. The summed E-state index contributed by atoms with van der Waals surface area (Å²) < 4.78 is 4.41. The van der Waals surface area contributed by atoms with Gasteiger partial charge in [0.05, 0.1) is 6.54 Å². The van der Waals surface area contributed by atoms with E-state index in [9.17, 15) is 14.4 Å². The third-order valence-corrected chi connectivity index (χ3v) is 1.87. The second-order valence-corrected chi connectivity index (χ2v) is 3.16. The van der Waals surface area contributed by atoms with Crippen LogP contribution in [0.2, 0.25) is 0 Å². The van der Waals surface area contributed by atoms with Gasteiger partial charge in [-0.2, -0.15) is 0 Å². The van der Waals surface area contributed by atoms with Gasteiger partial charge in [0, 0.05) is 11.8 Å². The SMILES string of the molecule is NC(=O)OCCNC(=O)c1ccnc(C(=O)O)c1. The van der Waals surface area contributed by atoms with Crippen molar-refractivity contribution < 1.29 is 24.2 Å². The number of aromatic nitrogens is 1. The number of carbonyl (C=O) groups is 3. The smallest absolute Gasteiger partial charge is 0.404 e. The van der Waals surface area contributed by atoms with E-state index < -0.39 is 18.0 Å². The van der Waals surface area contributed by atoms with Crippen molar-refractivity contribution in [1.82, 2.24) is 10.3 Å². The number of aromatic carboxylic acids is 1. The van der Waals surface area contributed by atoms with Crippen LogP contribution in [-0.4, -0.2) is 41.2 Å². The molecule has 0 fully saturated rings. The average Bonchev–Trinajstić information content (AvgIpc) is 2.34. The first-order valence-corrected chi connectivity index (χ1v) is 4.90. The topological polar surface area (TPSA) is 132 Å². The predicted molar refractivity (Wildman–Crippen MR) is 59.1 cm³/mol. The largest absolute Gasteiger partial charge is 0.477 e. The fourth-order valence-corrected chi connectivity index (χ4v) is 1.11. The Morgan fingerprint density at radius 1 is 1.44 bits per heavy atom. The van der Waals surface area contributed by atoms with Crippen LogP contribution in [-0.2, 0) is 4.74 Å². The van der Waals surface area contributed by atoms with E-state index in [-0.39, 0.29) is 24.4 Å². The first kappa shape index (κ1) is 13.4. The van der Waals surface area contributed by atoms with Crippen molar-refractivity contribution in [3.8, 4) is 0 Å². The lowest BCUT2D eigenvalue weighted by Crippen LogP contribution is -2.29. The molecule has 4 N–H and O–H groups in total. The molecule has 2 amide bonds. The second-order valence-electron chi connectivity index (χ2n) is 3.16. The zero-order valence-electron chi connectivity index (χ0n) is 9.25. The third kappa shape index (κ3) is 4.08. The summed E-state index contributed by atoms with van der Waals surface area (Å²) in [6.45, 7) is 0.0183. The zero-order chi connectivity index (χ0) is 13.5. The van der Waals surface area contributed by atoms with E-state index in [4.69, 9.17) is 10.8 Å². The quantitative estimate of drug-likeness (QED) is 0.612. The predicted octanol–water partition coefficient (Wildman–Crippen LogP) is -0.395. The number of pyridine rings is 1. The van der Waals surface area contributed by atoms with Crippen LogP contribution in [0.15, 0.2) is 18.3 Å². The van der Waals surface area contributed by atoms with Crippen molar-refractivity contribution in [3.05, 3.63) is 29.6 Å². The molecule has 1 rings (SSSR count). The van der Waals surface area contributed by atoms with Gasteiger partial charge in [-0.15, -0.1) is 0 Å². The van der Waals surface area contributed by atoms with Crippen LogP contribution in [0.1, 0.15) is 20.8 Å². The number of ether oxygens (including phenoxy) is 1. The Labute approximate surface area is 102 Å². The van der Waals surface area contributed by atoms with Gasteiger partial charge in [-0.3, -0.25) is 4.79 Å². The molecule has 0 unspecified atom stereocenters. The Morgan fingerprint density at radius 3 is 2.78 bits per heavy atom. The minimum atomic E-state index is -1.22. The third-order valence-electron chi connectivity index (χ3n) is 1.87. The Hall–Kier alpha value is -2.64. The number of amides is 2. The monoisotopic (exact) mass is 253 g/mol. The van der Waals surface area contributed by atoms with Crippen molar-refractivity contribution in [1.29, 1.82) is 0 Å². The van der Waals surface area contributed by atoms with Crippen molar-refractivity contribution in [2.75, 3.05) is 13.2 Å². The molecule has 0 bridgehead atoms. The van der Waals surface area contributed by atoms with E-state index in [0.29, 0.717) is 0 Å². The number of nitrogens with one attached hydrogen (secondary N) is 1. The molecule has 0 aliphatic rings. The molecule has 8 heteroatoms. The molecule has 0 atom stereocenters. The fourth-order valence-electron chi connectivity index (χ4n) is 1.11. The van der Waals surface area contributed by atoms with Crippen molar-refractivity contribution in [2.45, 2.75) is 0 Å². The highest BCUT2D eigenvalue weighted by Crippen LogP contribution is 2.01. The fraction of sp³-hybridized carbons (Fsp3) is 0.200. The molecular weight excluding hydrogens is 242 g/mol. The summed E-state index contributed by atoms with van der Waals surface area (Å²) in [7, 11) is 0. The molecule has 96 valence electrons. The minimum Gasteiger partial charge on any atom is -0.477 e. The van der Waals surface area contributed by atoms with Crippen LogP contribution < -0.4 is 11.1 Å². The molecule has 1 heterocycles. The van der Waals surface area contributed by atoms with Crippen molar-refractivity contribution in [2.24, 2.45) is 5.73 Å². The molecule has 0 saturated carbocycles. The van der Waals surface area contributed by atoms with Gasteiger partial charge in [-0.1, -0.05) is 0 Å². The molecule has 1 aromatic rings. The summed E-state index contributed by atoms with van der Waals surface area (Å²) in [5.74, 6) is -1.71. The van der Waals surface area contributed by atoms with Gasteiger partial charge in [0.25, 0.3) is 5.91 Å². The Bertz CT molecular complexity index is 474. The summed E-state index contributed by atoms with van der Waals surface area (Å²) in [6, 6.07) is 2.52. The Morgan fingerprint density at radius 2 is 2.17 bits per heavy atom. The van der Waals surface area contributed by atoms with Gasteiger partial charge in [-0.05, 0) is 12.1 Å². The van der Waals surface area contributed by atoms with Crippen molar-refractivity contribution in [3.63, 3.8) is 0 Å². The summed E-state index contributed by atoms with van der Waals surface area (Å²) in [5.41, 5.74) is 4.65. The van der Waals surface area contributed by atoms with Crippen LogP contribution in [0.3, 0.4) is 0 Å². The molecular formula is C10H11N3O5. The van der Waals surface area contributed by atoms with Crippen LogP contribution >= 0.6 is 0 Å². The molecule has 0 radical (unpaired) electrons. The van der Waals surface area contributed by atoms with E-state index in [1.807, 2.05) is 0 Å². The van der Waals surface area contributed by atoms with Crippen LogP contribution in [0.25, 0.3) is 0 Å². The number of nitrogens with zero attached hydrogens (tertiary/aromatic N) is 1. The number of carbonyl (C=O) groups excluding carboxylic acids is 2. The molecule has 0 spiro atoms. The lowest BCUT2D eigenvalue weighted by molar-refractivity contribution is 0.0690. The number of primary amides is 1. The molecule has 0 aromatic carbocycles. The standard InChI is InChI=1S/C10H11N3O5/c11-10(17)18-4-3-13-8(14)6-1-2-12-7(5-6)9(15)16/h1-2,5H,3-4H2,(H2,11,17)(H,13,14)(H,15,16). The molecule has 8 nitrogen and oxygen atoms in total. The number of hydrogen-bond donors (Lipinski definition) is 3. The van der Waals surface area contributed by atoms with E-state index in [1.54, 1.807) is 0 Å². The summed E-state index contributed by atoms with van der Waals surface area (Å²) in [6.07, 6.45) is 0.291. The van der Waals surface area contributed by atoms with Crippen LogP contribution in [0, 0.1) is 0 Å². The maximum Gasteiger partial charge on any atom is 0.404 e. The van der Waals surface area contributed by atoms with E-state index >= 15 is 0 Å². The molecule has 1 aromatic heterocycles. The maximum absolute atomic E-state index is 11.6. The van der Waals surface area contributed by atoms with Crippen molar-refractivity contribution >= 4 is 18.0 Å². The van der Waals surface area contributed by atoms with Gasteiger partial charge in [0.15, 0.2) is 0 Å². The number of carboxylic acids is 1. The van der Waals surface area contributed by atoms with Gasteiger partial charge in [-0.25, -0.2) is 14.6 Å². The summed E-state index contributed by atoms with van der Waals surface area (Å²) >= 11 is 0. The highest BCUT2D eigenvalue weighted by Gasteiger charge is 2.10. The lowest BCUT2D eigenvalue weighted by atomic mass is 10.2. The number of nitrogens with two attached hydrogens (primary N) is 1. The number of carboxylic acid groups (broad SMARTS) is 1. The summed E-state index contributed by atoms with van der Waals surface area (Å²) in [4.78, 5) is 36.0. The average molecular weight is 253 g/mol. The number of rotatable bonds is 5. The highest BCUT2D eigenvalue weighted by molar-refractivity contribution is 5.96. The van der Waals surface area contributed by atoms with Crippen LogP contribution in [0.4, 0.5) is 4.79 Å². The van der Waals surface area contributed by atoms with E-state index in [1.165, 1.54) is 12.3 Å². The molecule has 0 saturated heterocycles. The molecule has 0 aliphatic carbocycles. The lowest BCUT2D eigenvalue weighted by Gasteiger charge is -2.05. The van der Waals surface area contributed by atoms with E-state index in [2.05, 4.69) is 15.0 Å². The number of hydrogen-bond acceptors (Lipinski definition) is 5. The second kappa shape index (κ2) is 6.18. The first-order valence-electron chi connectivity index (χ1n) is 4.90.